The predicted molar refractivity (Wildman–Crippen MR) is 89.6 cm³/mol. The summed E-state index contributed by atoms with van der Waals surface area (Å²) in [6.07, 6.45) is 0.584. The molecule has 24 heavy (non-hydrogen) atoms. The molecule has 1 amide bonds. The molecule has 0 saturated carbocycles. The van der Waals surface area contributed by atoms with Gasteiger partial charge in [-0.3, -0.25) is 4.79 Å². The predicted octanol–water partition coefficient (Wildman–Crippen LogP) is 0.782. The van der Waals surface area contributed by atoms with E-state index in [1.807, 2.05) is 0 Å². The topological polar surface area (TPSA) is 84.9 Å². The molecule has 0 atom stereocenters. The van der Waals surface area contributed by atoms with Crippen LogP contribution in [0.1, 0.15) is 22.3 Å². The van der Waals surface area contributed by atoms with E-state index in [0.29, 0.717) is 44.9 Å². The number of hydrogen-bond acceptors (Lipinski definition) is 5. The molecule has 1 aromatic carbocycles. The van der Waals surface area contributed by atoms with Gasteiger partial charge < -0.3 is 14.4 Å². The molecular weight excluding hydrogens is 332 g/mol. The summed E-state index contributed by atoms with van der Waals surface area (Å²) in [7, 11) is -2.08. The van der Waals surface area contributed by atoms with Crippen LogP contribution in [0.5, 0.6) is 0 Å². The standard InChI is InChI=1S/C16H24N2O5S/c1-13-4-5-14(24(20,21)17-6-3-9-22-2)12-15(13)16(19)18-7-10-23-11-8-18/h4-5,12,17H,3,6-11H2,1-2H3. The first kappa shape index (κ1) is 18.9. The Labute approximate surface area is 143 Å². The van der Waals surface area contributed by atoms with E-state index in [1.165, 1.54) is 12.1 Å². The highest BCUT2D eigenvalue weighted by Gasteiger charge is 2.22. The van der Waals surface area contributed by atoms with Crippen molar-refractivity contribution < 1.29 is 22.7 Å². The van der Waals surface area contributed by atoms with Crippen molar-refractivity contribution in [1.82, 2.24) is 9.62 Å². The molecule has 7 nitrogen and oxygen atoms in total. The average molecular weight is 356 g/mol. The minimum Gasteiger partial charge on any atom is -0.385 e. The Balaban J connectivity index is 2.16. The molecule has 1 aliphatic heterocycles. The van der Waals surface area contributed by atoms with Crippen LogP contribution in [0, 0.1) is 6.92 Å². The van der Waals surface area contributed by atoms with Gasteiger partial charge in [0.05, 0.1) is 18.1 Å². The van der Waals surface area contributed by atoms with Crippen LogP contribution in [-0.4, -0.2) is 65.8 Å². The largest absolute Gasteiger partial charge is 0.385 e. The molecule has 1 saturated heterocycles. The summed E-state index contributed by atoms with van der Waals surface area (Å²) in [5, 5.41) is 0. The molecule has 0 bridgehead atoms. The number of methoxy groups -OCH3 is 1. The molecule has 0 spiro atoms. The van der Waals surface area contributed by atoms with Crippen molar-refractivity contribution in [2.45, 2.75) is 18.2 Å². The molecule has 134 valence electrons. The minimum atomic E-state index is -3.65. The summed E-state index contributed by atoms with van der Waals surface area (Å²) in [6, 6.07) is 4.63. The van der Waals surface area contributed by atoms with Gasteiger partial charge in [-0.25, -0.2) is 13.1 Å². The van der Waals surface area contributed by atoms with Gasteiger partial charge in [-0.15, -0.1) is 0 Å². The fraction of sp³-hybridized carbons (Fsp3) is 0.562. The number of amides is 1. The van der Waals surface area contributed by atoms with Crippen LogP contribution in [0.15, 0.2) is 23.1 Å². The lowest BCUT2D eigenvalue weighted by Crippen LogP contribution is -2.41. The lowest BCUT2D eigenvalue weighted by molar-refractivity contribution is 0.0302. The number of aryl methyl sites for hydroxylation is 1. The Morgan fingerprint density at radius 3 is 2.71 bits per heavy atom. The summed E-state index contributed by atoms with van der Waals surface area (Å²) in [5.74, 6) is -0.160. The summed E-state index contributed by atoms with van der Waals surface area (Å²) in [6.45, 7) is 4.62. The summed E-state index contributed by atoms with van der Waals surface area (Å²) >= 11 is 0. The van der Waals surface area contributed by atoms with Crippen LogP contribution < -0.4 is 4.72 Å². The summed E-state index contributed by atoms with van der Waals surface area (Å²) < 4.78 is 37.4. The molecule has 1 heterocycles. The van der Waals surface area contributed by atoms with Crippen molar-refractivity contribution in [3.63, 3.8) is 0 Å². The highest BCUT2D eigenvalue weighted by atomic mass is 32.2. The third-order valence-electron chi connectivity index (χ3n) is 3.87. The first-order valence-corrected chi connectivity index (χ1v) is 9.40. The number of carbonyl (C=O) groups excluding carboxylic acids is 1. The highest BCUT2D eigenvalue weighted by Crippen LogP contribution is 2.18. The molecule has 1 aliphatic rings. The van der Waals surface area contributed by atoms with Crippen LogP contribution in [0.3, 0.4) is 0 Å². The van der Waals surface area contributed by atoms with Crippen LogP contribution in [0.2, 0.25) is 0 Å². The number of rotatable bonds is 7. The van der Waals surface area contributed by atoms with Crippen LogP contribution >= 0.6 is 0 Å². The summed E-state index contributed by atoms with van der Waals surface area (Å²) in [5.41, 5.74) is 1.17. The van der Waals surface area contributed by atoms with Gasteiger partial charge in [0.25, 0.3) is 5.91 Å². The van der Waals surface area contributed by atoms with Gasteiger partial charge in [-0.2, -0.15) is 0 Å². The van der Waals surface area contributed by atoms with E-state index in [-0.39, 0.29) is 17.3 Å². The number of nitrogens with zero attached hydrogens (tertiary/aromatic N) is 1. The SMILES string of the molecule is COCCCNS(=O)(=O)c1ccc(C)c(C(=O)N2CCOCC2)c1. The van der Waals surface area contributed by atoms with Gasteiger partial charge >= 0.3 is 0 Å². The second kappa shape index (κ2) is 8.57. The van der Waals surface area contributed by atoms with E-state index in [9.17, 15) is 13.2 Å². The molecule has 8 heteroatoms. The second-order valence-corrected chi connectivity index (χ2v) is 7.39. The highest BCUT2D eigenvalue weighted by molar-refractivity contribution is 7.89. The molecule has 2 rings (SSSR count). The third kappa shape index (κ3) is 4.76. The van der Waals surface area contributed by atoms with Crippen molar-refractivity contribution in [1.29, 1.82) is 0 Å². The molecule has 0 aliphatic carbocycles. The van der Waals surface area contributed by atoms with Crippen molar-refractivity contribution in [3.8, 4) is 0 Å². The molecule has 1 N–H and O–H groups in total. The normalized spacial score (nSPS) is 15.5. The molecule has 1 fully saturated rings. The monoisotopic (exact) mass is 356 g/mol. The van der Waals surface area contributed by atoms with Gasteiger partial charge in [0.2, 0.25) is 10.0 Å². The van der Waals surface area contributed by atoms with Gasteiger partial charge in [-0.05, 0) is 31.0 Å². The van der Waals surface area contributed by atoms with E-state index >= 15 is 0 Å². The molecule has 1 aromatic rings. The van der Waals surface area contributed by atoms with Gasteiger partial charge in [0, 0.05) is 38.9 Å². The minimum absolute atomic E-state index is 0.0992. The van der Waals surface area contributed by atoms with Crippen LogP contribution in [0.4, 0.5) is 0 Å². The Kier molecular flexibility index (Phi) is 6.73. The number of morpholine rings is 1. The Hall–Kier alpha value is -1.48. The van der Waals surface area contributed by atoms with E-state index in [1.54, 1.807) is 25.0 Å². The second-order valence-electron chi connectivity index (χ2n) is 5.63. The maximum absolute atomic E-state index is 12.6. The zero-order valence-corrected chi connectivity index (χ0v) is 14.9. The molecule has 0 aromatic heterocycles. The molecule has 0 radical (unpaired) electrons. The first-order chi connectivity index (χ1) is 11.5. The van der Waals surface area contributed by atoms with E-state index in [4.69, 9.17) is 9.47 Å². The van der Waals surface area contributed by atoms with Crippen molar-refractivity contribution in [2.75, 3.05) is 46.6 Å². The lowest BCUT2D eigenvalue weighted by atomic mass is 10.1. The fourth-order valence-electron chi connectivity index (χ4n) is 2.44. The number of benzene rings is 1. The Bertz CT molecular complexity index is 669. The number of ether oxygens (including phenoxy) is 2. The smallest absolute Gasteiger partial charge is 0.254 e. The van der Waals surface area contributed by atoms with Crippen molar-refractivity contribution in [3.05, 3.63) is 29.3 Å². The van der Waals surface area contributed by atoms with Crippen LogP contribution in [-0.2, 0) is 19.5 Å². The van der Waals surface area contributed by atoms with E-state index in [2.05, 4.69) is 4.72 Å². The van der Waals surface area contributed by atoms with Gasteiger partial charge in [0.1, 0.15) is 0 Å². The lowest BCUT2D eigenvalue weighted by Gasteiger charge is -2.27. The maximum atomic E-state index is 12.6. The zero-order valence-electron chi connectivity index (χ0n) is 14.1. The molecular formula is C16H24N2O5S. The number of sulfonamides is 1. The van der Waals surface area contributed by atoms with E-state index < -0.39 is 10.0 Å². The Morgan fingerprint density at radius 2 is 2.04 bits per heavy atom. The average Bonchev–Trinajstić information content (AvgIpc) is 2.59. The Morgan fingerprint density at radius 1 is 1.33 bits per heavy atom. The first-order valence-electron chi connectivity index (χ1n) is 7.92. The zero-order chi connectivity index (χ0) is 17.6. The quantitative estimate of drug-likeness (QED) is 0.730. The molecule has 0 unspecified atom stereocenters. The van der Waals surface area contributed by atoms with Gasteiger partial charge in [0.15, 0.2) is 0 Å². The van der Waals surface area contributed by atoms with E-state index in [0.717, 1.165) is 5.56 Å². The maximum Gasteiger partial charge on any atom is 0.254 e. The van der Waals surface area contributed by atoms with Crippen molar-refractivity contribution in [2.24, 2.45) is 0 Å². The fourth-order valence-corrected chi connectivity index (χ4v) is 3.54. The summed E-state index contributed by atoms with van der Waals surface area (Å²) in [4.78, 5) is 14.4. The van der Waals surface area contributed by atoms with Gasteiger partial charge in [-0.1, -0.05) is 6.07 Å². The number of nitrogens with one attached hydrogen (secondary N) is 1. The number of carbonyl (C=O) groups is 1. The third-order valence-corrected chi connectivity index (χ3v) is 5.32. The number of hydrogen-bond donors (Lipinski definition) is 1. The van der Waals surface area contributed by atoms with Crippen LogP contribution in [0.25, 0.3) is 0 Å². The van der Waals surface area contributed by atoms with Crippen molar-refractivity contribution >= 4 is 15.9 Å².